The minimum absolute atomic E-state index is 0.116. The van der Waals surface area contributed by atoms with Gasteiger partial charge in [-0.05, 0) is 36.5 Å². The van der Waals surface area contributed by atoms with E-state index in [-0.39, 0.29) is 14.6 Å². The van der Waals surface area contributed by atoms with Crippen LogP contribution in [0.5, 0.6) is 0 Å². The topological polar surface area (TPSA) is 0 Å². The average Bonchev–Trinajstić information content (AvgIpc) is 2.55. The zero-order chi connectivity index (χ0) is 15.6. The Balaban J connectivity index is 1.56. The summed E-state index contributed by atoms with van der Waals surface area (Å²) in [4.78, 5) is 0. The number of rotatable bonds is 9. The summed E-state index contributed by atoms with van der Waals surface area (Å²) in [6.07, 6.45) is 12.6. The summed E-state index contributed by atoms with van der Waals surface area (Å²) in [6.45, 7) is 2.29. The predicted octanol–water partition coefficient (Wildman–Crippen LogP) is 6.37. The molecule has 1 heterocycles. The molecule has 0 nitrogen and oxygen atoms in total. The van der Waals surface area contributed by atoms with Crippen molar-refractivity contribution in [3.8, 4) is 0 Å². The minimum Gasteiger partial charge on any atom is -0.207 e. The van der Waals surface area contributed by atoms with E-state index in [0.29, 0.717) is 0 Å². The molecule has 2 rings (SSSR count). The van der Waals surface area contributed by atoms with Crippen LogP contribution in [0.3, 0.4) is 0 Å². The Morgan fingerprint density at radius 3 is 2.36 bits per heavy atom. The lowest BCUT2D eigenvalue weighted by Gasteiger charge is -2.27. The summed E-state index contributed by atoms with van der Waals surface area (Å²) < 4.78 is 12.9. The molecule has 1 fully saturated rings. The van der Waals surface area contributed by atoms with Crippen LogP contribution in [-0.2, 0) is 6.42 Å². The van der Waals surface area contributed by atoms with Gasteiger partial charge in [-0.1, -0.05) is 82.1 Å². The van der Waals surface area contributed by atoms with Crippen molar-refractivity contribution in [1.29, 1.82) is 0 Å². The molecule has 1 saturated heterocycles. The maximum Gasteiger partial charge on any atom is 0.123 e. The first-order valence-corrected chi connectivity index (χ1v) is 12.0. The van der Waals surface area contributed by atoms with Gasteiger partial charge in [0.2, 0.25) is 0 Å². The number of aryl methyl sites for hydroxylation is 1. The second kappa shape index (κ2) is 10.2. The molecule has 1 aromatic carbocycles. The fourth-order valence-corrected chi connectivity index (χ4v) is 7.48. The van der Waals surface area contributed by atoms with Gasteiger partial charge in [0.1, 0.15) is 5.82 Å². The van der Waals surface area contributed by atoms with Crippen molar-refractivity contribution >= 4 is 8.80 Å². The highest BCUT2D eigenvalue weighted by molar-refractivity contribution is 6.58. The molecule has 2 heteroatoms. The molecular formula is C20H33FSi. The molecule has 0 amide bonds. The number of halogens is 1. The third kappa shape index (κ3) is 6.64. The van der Waals surface area contributed by atoms with Gasteiger partial charge in [0, 0.05) is 8.80 Å². The Labute approximate surface area is 138 Å². The predicted molar refractivity (Wildman–Crippen MR) is 97.8 cm³/mol. The number of benzene rings is 1. The summed E-state index contributed by atoms with van der Waals surface area (Å²) in [5, 5.41) is 0. The summed E-state index contributed by atoms with van der Waals surface area (Å²) in [7, 11) is -0.371. The van der Waals surface area contributed by atoms with E-state index in [1.165, 1.54) is 56.9 Å². The van der Waals surface area contributed by atoms with Crippen LogP contribution in [-0.4, -0.2) is 8.80 Å². The fourth-order valence-electron chi connectivity index (χ4n) is 3.87. The molecule has 0 unspecified atom stereocenters. The van der Waals surface area contributed by atoms with Crippen molar-refractivity contribution in [3.63, 3.8) is 0 Å². The largest absolute Gasteiger partial charge is 0.207 e. The minimum atomic E-state index is -0.371. The number of hydrogen-bond acceptors (Lipinski definition) is 0. The molecule has 0 N–H and O–H groups in total. The lowest BCUT2D eigenvalue weighted by Crippen LogP contribution is -2.21. The van der Waals surface area contributed by atoms with E-state index in [1.54, 1.807) is 30.3 Å². The monoisotopic (exact) mass is 320 g/mol. The summed E-state index contributed by atoms with van der Waals surface area (Å²) >= 11 is 0. The zero-order valence-corrected chi connectivity index (χ0v) is 15.5. The maximum absolute atomic E-state index is 12.9. The summed E-state index contributed by atoms with van der Waals surface area (Å²) in [5.74, 6) is 0.822. The molecule has 0 radical (unpaired) electrons. The van der Waals surface area contributed by atoms with Crippen molar-refractivity contribution in [2.24, 2.45) is 5.92 Å². The van der Waals surface area contributed by atoms with Crippen LogP contribution >= 0.6 is 0 Å². The molecule has 1 aliphatic rings. The molecule has 0 aliphatic carbocycles. The van der Waals surface area contributed by atoms with Gasteiger partial charge in [0.25, 0.3) is 0 Å². The molecule has 22 heavy (non-hydrogen) atoms. The maximum atomic E-state index is 12.9. The normalized spacial score (nSPS) is 21.9. The van der Waals surface area contributed by atoms with Gasteiger partial charge in [-0.15, -0.1) is 0 Å². The van der Waals surface area contributed by atoms with Crippen LogP contribution in [0.15, 0.2) is 24.3 Å². The zero-order valence-electron chi connectivity index (χ0n) is 14.3. The van der Waals surface area contributed by atoms with E-state index in [2.05, 4.69) is 6.92 Å². The van der Waals surface area contributed by atoms with Gasteiger partial charge in [-0.3, -0.25) is 0 Å². The Morgan fingerprint density at radius 2 is 1.68 bits per heavy atom. The quantitative estimate of drug-likeness (QED) is 0.366. The molecule has 0 aromatic heterocycles. The summed E-state index contributed by atoms with van der Waals surface area (Å²) in [5.41, 5.74) is 1.30. The molecule has 0 spiro atoms. The standard InChI is InChI=1S/C20H33FSi/c1-2-3-4-5-6-15-22-16-13-19(14-17-22)8-7-18-9-11-20(21)12-10-18/h9-12,19,22H,2-8,13-17H2,1H3. The van der Waals surface area contributed by atoms with Gasteiger partial charge in [0.15, 0.2) is 0 Å². The lowest BCUT2D eigenvalue weighted by molar-refractivity contribution is 0.436. The van der Waals surface area contributed by atoms with Crippen molar-refractivity contribution in [2.45, 2.75) is 82.8 Å². The van der Waals surface area contributed by atoms with Crippen molar-refractivity contribution in [2.75, 3.05) is 0 Å². The van der Waals surface area contributed by atoms with Crippen LogP contribution in [0.4, 0.5) is 4.39 Å². The first-order chi connectivity index (χ1) is 10.8. The fraction of sp³-hybridized carbons (Fsp3) is 0.700. The molecule has 0 bridgehead atoms. The van der Waals surface area contributed by atoms with Crippen LogP contribution in [0.1, 0.15) is 63.9 Å². The third-order valence-electron chi connectivity index (χ3n) is 5.44. The second-order valence-corrected chi connectivity index (χ2v) is 10.7. The lowest BCUT2D eigenvalue weighted by atomic mass is 9.94. The molecule has 1 aliphatic heterocycles. The van der Waals surface area contributed by atoms with Crippen LogP contribution < -0.4 is 0 Å². The highest BCUT2D eigenvalue weighted by Crippen LogP contribution is 2.31. The van der Waals surface area contributed by atoms with E-state index >= 15 is 0 Å². The average molecular weight is 321 g/mol. The van der Waals surface area contributed by atoms with Crippen molar-refractivity contribution < 1.29 is 4.39 Å². The van der Waals surface area contributed by atoms with E-state index < -0.39 is 0 Å². The van der Waals surface area contributed by atoms with E-state index in [9.17, 15) is 4.39 Å². The summed E-state index contributed by atoms with van der Waals surface area (Å²) in [6, 6.07) is 11.9. The van der Waals surface area contributed by atoms with Crippen LogP contribution in [0.25, 0.3) is 0 Å². The van der Waals surface area contributed by atoms with Gasteiger partial charge in [-0.25, -0.2) is 4.39 Å². The van der Waals surface area contributed by atoms with Crippen molar-refractivity contribution in [3.05, 3.63) is 35.6 Å². The molecule has 0 atom stereocenters. The van der Waals surface area contributed by atoms with Gasteiger partial charge in [-0.2, -0.15) is 0 Å². The third-order valence-corrected chi connectivity index (χ3v) is 8.96. The molecule has 1 aromatic rings. The highest BCUT2D eigenvalue weighted by atomic mass is 28.3. The van der Waals surface area contributed by atoms with Crippen LogP contribution in [0.2, 0.25) is 18.1 Å². The van der Waals surface area contributed by atoms with E-state index in [0.717, 1.165) is 12.3 Å². The Morgan fingerprint density at radius 1 is 1.00 bits per heavy atom. The SMILES string of the molecule is CCCCCCC[SiH]1CCC(CCc2ccc(F)cc2)CC1. The first-order valence-electron chi connectivity index (χ1n) is 9.52. The van der Waals surface area contributed by atoms with Gasteiger partial charge < -0.3 is 0 Å². The Kier molecular flexibility index (Phi) is 8.21. The number of unbranched alkanes of at least 4 members (excludes halogenated alkanes) is 4. The first kappa shape index (κ1) is 17.7. The Hall–Kier alpha value is -0.633. The molecular weight excluding hydrogens is 287 g/mol. The molecule has 0 saturated carbocycles. The van der Waals surface area contributed by atoms with Gasteiger partial charge in [0.05, 0.1) is 0 Å². The van der Waals surface area contributed by atoms with Crippen LogP contribution in [0, 0.1) is 11.7 Å². The van der Waals surface area contributed by atoms with E-state index in [1.807, 2.05) is 12.1 Å². The van der Waals surface area contributed by atoms with E-state index in [4.69, 9.17) is 0 Å². The second-order valence-electron chi connectivity index (χ2n) is 7.25. The van der Waals surface area contributed by atoms with Crippen molar-refractivity contribution in [1.82, 2.24) is 0 Å². The smallest absolute Gasteiger partial charge is 0.123 e. The highest BCUT2D eigenvalue weighted by Gasteiger charge is 2.21. The Bertz CT molecular complexity index is 393. The van der Waals surface area contributed by atoms with Gasteiger partial charge >= 0.3 is 0 Å². The number of hydrogen-bond donors (Lipinski definition) is 0. The molecule has 124 valence electrons.